The lowest BCUT2D eigenvalue weighted by atomic mass is 10.5. The molecule has 14 heavy (non-hydrogen) atoms. The van der Waals surface area contributed by atoms with E-state index in [4.69, 9.17) is 0 Å². The largest absolute Gasteiger partial charge is 0.347 e. The van der Waals surface area contributed by atoms with Gasteiger partial charge in [-0.2, -0.15) is 4.98 Å². The van der Waals surface area contributed by atoms with E-state index in [1.54, 1.807) is 18.7 Å². The van der Waals surface area contributed by atoms with Gasteiger partial charge in [-0.1, -0.05) is 0 Å². The van der Waals surface area contributed by atoms with Crippen molar-refractivity contribution < 1.29 is 0 Å². The third kappa shape index (κ3) is 1.56. The Morgan fingerprint density at radius 1 is 1.29 bits per heavy atom. The minimum atomic E-state index is 0.691. The van der Waals surface area contributed by atoms with Gasteiger partial charge in [-0.3, -0.25) is 4.57 Å². The summed E-state index contributed by atoms with van der Waals surface area (Å²) in [6.07, 6.45) is 7.01. The van der Waals surface area contributed by atoms with Gasteiger partial charge in [0.15, 0.2) is 0 Å². The van der Waals surface area contributed by atoms with E-state index < -0.39 is 0 Å². The van der Waals surface area contributed by atoms with Crippen LogP contribution in [0.5, 0.6) is 0 Å². The number of hydrogen-bond acceptors (Lipinski definition) is 4. The Kier molecular flexibility index (Phi) is 2.14. The SMILES string of the molecule is CN(C)c1nccc(-n2ccnc2)n1. The lowest BCUT2D eigenvalue weighted by molar-refractivity contribution is 0.931. The highest BCUT2D eigenvalue weighted by molar-refractivity contribution is 5.32. The maximum Gasteiger partial charge on any atom is 0.226 e. The molecule has 0 aliphatic carbocycles. The second-order valence-corrected chi connectivity index (χ2v) is 3.08. The van der Waals surface area contributed by atoms with Crippen LogP contribution in [0.15, 0.2) is 31.0 Å². The molecule has 5 nitrogen and oxygen atoms in total. The quantitative estimate of drug-likeness (QED) is 0.698. The first-order valence-electron chi connectivity index (χ1n) is 4.26. The van der Waals surface area contributed by atoms with Gasteiger partial charge in [0.2, 0.25) is 5.95 Å². The monoisotopic (exact) mass is 189 g/mol. The molecule has 0 atom stereocenters. The summed E-state index contributed by atoms with van der Waals surface area (Å²) in [7, 11) is 3.82. The van der Waals surface area contributed by atoms with Crippen LogP contribution >= 0.6 is 0 Å². The molecule has 0 spiro atoms. The highest BCUT2D eigenvalue weighted by Crippen LogP contribution is 2.07. The normalized spacial score (nSPS) is 10.1. The maximum atomic E-state index is 4.35. The molecule has 0 N–H and O–H groups in total. The van der Waals surface area contributed by atoms with Crippen molar-refractivity contribution in [1.29, 1.82) is 0 Å². The second-order valence-electron chi connectivity index (χ2n) is 3.08. The number of nitrogens with zero attached hydrogens (tertiary/aromatic N) is 5. The topological polar surface area (TPSA) is 46.8 Å². The van der Waals surface area contributed by atoms with E-state index in [0.29, 0.717) is 5.95 Å². The van der Waals surface area contributed by atoms with Crippen molar-refractivity contribution in [1.82, 2.24) is 19.5 Å². The van der Waals surface area contributed by atoms with Gasteiger partial charge in [-0.05, 0) is 6.07 Å². The van der Waals surface area contributed by atoms with Gasteiger partial charge in [-0.25, -0.2) is 9.97 Å². The Hall–Kier alpha value is -1.91. The molecule has 0 unspecified atom stereocenters. The molecule has 0 bridgehead atoms. The van der Waals surface area contributed by atoms with E-state index in [1.807, 2.05) is 35.8 Å². The van der Waals surface area contributed by atoms with Crippen molar-refractivity contribution in [2.75, 3.05) is 19.0 Å². The summed E-state index contributed by atoms with van der Waals surface area (Å²) in [6.45, 7) is 0. The first kappa shape index (κ1) is 8.68. The number of aromatic nitrogens is 4. The third-order valence-corrected chi connectivity index (χ3v) is 1.80. The molecule has 0 aliphatic rings. The molecule has 0 radical (unpaired) electrons. The van der Waals surface area contributed by atoms with Gasteiger partial charge < -0.3 is 4.90 Å². The van der Waals surface area contributed by atoms with Crippen LogP contribution in [-0.2, 0) is 0 Å². The minimum Gasteiger partial charge on any atom is -0.347 e. The van der Waals surface area contributed by atoms with Crippen molar-refractivity contribution >= 4 is 5.95 Å². The van der Waals surface area contributed by atoms with E-state index in [9.17, 15) is 0 Å². The zero-order valence-electron chi connectivity index (χ0n) is 8.12. The predicted molar refractivity (Wildman–Crippen MR) is 53.5 cm³/mol. The van der Waals surface area contributed by atoms with E-state index >= 15 is 0 Å². The smallest absolute Gasteiger partial charge is 0.226 e. The van der Waals surface area contributed by atoms with Crippen LogP contribution in [-0.4, -0.2) is 33.6 Å². The molecule has 0 saturated heterocycles. The minimum absolute atomic E-state index is 0.691. The summed E-state index contributed by atoms with van der Waals surface area (Å²) < 4.78 is 1.84. The zero-order chi connectivity index (χ0) is 9.97. The molecule has 2 heterocycles. The molecule has 0 aliphatic heterocycles. The number of imidazole rings is 1. The lowest BCUT2D eigenvalue weighted by Gasteiger charge is -2.10. The molecule has 2 aromatic rings. The summed E-state index contributed by atoms with van der Waals surface area (Å²) in [6, 6.07) is 1.84. The Labute approximate surface area is 82.1 Å². The van der Waals surface area contributed by atoms with E-state index in [1.165, 1.54) is 0 Å². The molecule has 2 rings (SSSR count). The Morgan fingerprint density at radius 3 is 2.79 bits per heavy atom. The summed E-state index contributed by atoms with van der Waals surface area (Å²) in [5, 5.41) is 0. The van der Waals surface area contributed by atoms with Gasteiger partial charge in [0.25, 0.3) is 0 Å². The van der Waals surface area contributed by atoms with E-state index in [0.717, 1.165) is 5.82 Å². The van der Waals surface area contributed by atoms with Crippen molar-refractivity contribution in [2.45, 2.75) is 0 Å². The number of hydrogen-bond donors (Lipinski definition) is 0. The molecule has 0 saturated carbocycles. The summed E-state index contributed by atoms with van der Waals surface area (Å²) in [4.78, 5) is 14.3. The Morgan fingerprint density at radius 2 is 2.14 bits per heavy atom. The Balaban J connectivity index is 2.41. The predicted octanol–water partition coefficient (Wildman–Crippen LogP) is 0.728. The van der Waals surface area contributed by atoms with Crippen molar-refractivity contribution in [2.24, 2.45) is 0 Å². The van der Waals surface area contributed by atoms with Gasteiger partial charge in [0, 0.05) is 32.7 Å². The number of anilines is 1. The molecule has 0 amide bonds. The highest BCUT2D eigenvalue weighted by atomic mass is 15.2. The fourth-order valence-corrected chi connectivity index (χ4v) is 1.09. The van der Waals surface area contributed by atoms with Crippen molar-refractivity contribution in [3.05, 3.63) is 31.0 Å². The molecule has 72 valence electrons. The molecule has 2 aromatic heterocycles. The van der Waals surface area contributed by atoms with Crippen molar-refractivity contribution in [3.8, 4) is 5.82 Å². The van der Waals surface area contributed by atoms with Crippen LogP contribution in [0.4, 0.5) is 5.95 Å². The first-order chi connectivity index (χ1) is 6.77. The van der Waals surface area contributed by atoms with Crippen LogP contribution in [0, 0.1) is 0 Å². The van der Waals surface area contributed by atoms with Crippen LogP contribution in [0.25, 0.3) is 5.82 Å². The highest BCUT2D eigenvalue weighted by Gasteiger charge is 2.01. The van der Waals surface area contributed by atoms with E-state index in [-0.39, 0.29) is 0 Å². The van der Waals surface area contributed by atoms with Gasteiger partial charge in [0.1, 0.15) is 12.1 Å². The summed E-state index contributed by atoms with van der Waals surface area (Å²) in [5.41, 5.74) is 0. The average Bonchev–Trinajstić information content (AvgIpc) is 2.71. The molecule has 0 fully saturated rings. The fraction of sp³-hybridized carbons (Fsp3) is 0.222. The summed E-state index contributed by atoms with van der Waals surface area (Å²) in [5.74, 6) is 1.51. The maximum absolute atomic E-state index is 4.35. The van der Waals surface area contributed by atoms with Gasteiger partial charge in [-0.15, -0.1) is 0 Å². The molecular formula is C9H11N5. The zero-order valence-corrected chi connectivity index (χ0v) is 8.12. The van der Waals surface area contributed by atoms with Gasteiger partial charge in [0.05, 0.1) is 0 Å². The Bertz CT molecular complexity index is 407. The van der Waals surface area contributed by atoms with Crippen LogP contribution in [0.2, 0.25) is 0 Å². The van der Waals surface area contributed by atoms with Crippen LogP contribution in [0.3, 0.4) is 0 Å². The summed E-state index contributed by atoms with van der Waals surface area (Å²) >= 11 is 0. The molecular weight excluding hydrogens is 178 g/mol. The van der Waals surface area contributed by atoms with Crippen LogP contribution < -0.4 is 4.90 Å². The average molecular weight is 189 g/mol. The third-order valence-electron chi connectivity index (χ3n) is 1.80. The molecule has 0 aromatic carbocycles. The molecule has 5 heteroatoms. The standard InChI is InChI=1S/C9H11N5/c1-13(2)9-11-4-3-8(12-9)14-6-5-10-7-14/h3-7H,1-2H3. The van der Waals surface area contributed by atoms with E-state index in [2.05, 4.69) is 15.0 Å². The van der Waals surface area contributed by atoms with Crippen molar-refractivity contribution in [3.63, 3.8) is 0 Å². The lowest BCUT2D eigenvalue weighted by Crippen LogP contribution is -2.13. The van der Waals surface area contributed by atoms with Gasteiger partial charge >= 0.3 is 0 Å². The fourth-order valence-electron chi connectivity index (χ4n) is 1.09. The van der Waals surface area contributed by atoms with Crippen LogP contribution in [0.1, 0.15) is 0 Å². The second kappa shape index (κ2) is 3.45. The first-order valence-corrected chi connectivity index (χ1v) is 4.26. The number of rotatable bonds is 2.